The van der Waals surface area contributed by atoms with Crippen molar-refractivity contribution in [2.75, 3.05) is 19.8 Å². The third-order valence-electron chi connectivity index (χ3n) is 2.26. The third-order valence-corrected chi connectivity index (χ3v) is 2.26. The zero-order valence-electron chi connectivity index (χ0n) is 9.85. The molecule has 4 nitrogen and oxygen atoms in total. The Balaban J connectivity index is 2.13. The number of benzene rings is 1. The van der Waals surface area contributed by atoms with E-state index < -0.39 is 0 Å². The minimum Gasteiger partial charge on any atom is -0.504 e. The summed E-state index contributed by atoms with van der Waals surface area (Å²) in [7, 11) is 0. The van der Waals surface area contributed by atoms with Gasteiger partial charge in [-0.2, -0.15) is 0 Å². The summed E-state index contributed by atoms with van der Waals surface area (Å²) in [6, 6.07) is 4.79. The number of phenolic OH excluding ortho intramolecular Hbond substituents is 2. The van der Waals surface area contributed by atoms with E-state index in [4.69, 9.17) is 9.84 Å². The molecule has 0 spiro atoms. The van der Waals surface area contributed by atoms with Crippen molar-refractivity contribution < 1.29 is 14.9 Å². The molecule has 0 aliphatic carbocycles. The molecule has 1 aromatic rings. The average molecular weight is 237 g/mol. The molecule has 0 amide bonds. The van der Waals surface area contributed by atoms with Gasteiger partial charge in [-0.05, 0) is 24.1 Å². The van der Waals surface area contributed by atoms with Gasteiger partial charge < -0.3 is 20.3 Å². The molecule has 0 aliphatic heterocycles. The van der Waals surface area contributed by atoms with Crippen molar-refractivity contribution in [1.82, 2.24) is 5.32 Å². The second kappa shape index (κ2) is 7.70. The Hall–Kier alpha value is -1.52. The second-order valence-corrected chi connectivity index (χ2v) is 3.69. The van der Waals surface area contributed by atoms with Crippen LogP contribution in [0.2, 0.25) is 0 Å². The Morgan fingerprint density at radius 1 is 1.24 bits per heavy atom. The van der Waals surface area contributed by atoms with E-state index in [1.54, 1.807) is 12.1 Å². The van der Waals surface area contributed by atoms with Gasteiger partial charge in [-0.25, -0.2) is 0 Å². The highest BCUT2D eigenvalue weighted by Gasteiger charge is 1.99. The van der Waals surface area contributed by atoms with Crippen LogP contribution in [0.3, 0.4) is 0 Å². The largest absolute Gasteiger partial charge is 0.504 e. The van der Waals surface area contributed by atoms with E-state index in [0.717, 1.165) is 18.5 Å². The molecular weight excluding hydrogens is 218 g/mol. The third kappa shape index (κ3) is 5.38. The van der Waals surface area contributed by atoms with Crippen molar-refractivity contribution in [1.29, 1.82) is 0 Å². The lowest BCUT2D eigenvalue weighted by molar-refractivity contribution is 0.140. The van der Waals surface area contributed by atoms with Crippen molar-refractivity contribution in [2.45, 2.75) is 13.0 Å². The van der Waals surface area contributed by atoms with Gasteiger partial charge in [-0.15, -0.1) is 6.58 Å². The van der Waals surface area contributed by atoms with Gasteiger partial charge in [0.1, 0.15) is 0 Å². The van der Waals surface area contributed by atoms with Crippen LogP contribution >= 0.6 is 0 Å². The van der Waals surface area contributed by atoms with E-state index in [0.29, 0.717) is 19.8 Å². The van der Waals surface area contributed by atoms with Gasteiger partial charge in [0.05, 0.1) is 13.2 Å². The first-order chi connectivity index (χ1) is 8.24. The zero-order chi connectivity index (χ0) is 12.5. The van der Waals surface area contributed by atoms with Crippen molar-refractivity contribution >= 4 is 0 Å². The molecule has 0 aromatic heterocycles. The highest BCUT2D eigenvalue weighted by molar-refractivity contribution is 5.40. The lowest BCUT2D eigenvalue weighted by Crippen LogP contribution is -2.19. The van der Waals surface area contributed by atoms with E-state index in [1.165, 1.54) is 6.07 Å². The minimum absolute atomic E-state index is 0.0912. The van der Waals surface area contributed by atoms with Crippen LogP contribution in [-0.4, -0.2) is 30.0 Å². The minimum atomic E-state index is -0.0958. The summed E-state index contributed by atoms with van der Waals surface area (Å²) >= 11 is 0. The number of ether oxygens (including phenoxy) is 1. The van der Waals surface area contributed by atoms with Gasteiger partial charge in [0.2, 0.25) is 0 Å². The molecular formula is C13H19NO3. The van der Waals surface area contributed by atoms with Crippen LogP contribution in [0.5, 0.6) is 11.5 Å². The van der Waals surface area contributed by atoms with Crippen molar-refractivity contribution in [3.8, 4) is 11.5 Å². The first kappa shape index (κ1) is 13.5. The lowest BCUT2D eigenvalue weighted by Gasteiger charge is -2.06. The first-order valence-electron chi connectivity index (χ1n) is 5.64. The number of rotatable bonds is 8. The number of phenols is 2. The molecule has 0 unspecified atom stereocenters. The maximum absolute atomic E-state index is 9.29. The molecule has 0 bridgehead atoms. The van der Waals surface area contributed by atoms with Gasteiger partial charge in [-0.3, -0.25) is 0 Å². The Bertz CT molecular complexity index is 353. The molecule has 4 heteroatoms. The van der Waals surface area contributed by atoms with E-state index in [-0.39, 0.29) is 11.5 Å². The summed E-state index contributed by atoms with van der Waals surface area (Å²) < 4.78 is 5.33. The number of nitrogens with one attached hydrogen (secondary N) is 1. The van der Waals surface area contributed by atoms with E-state index in [9.17, 15) is 5.11 Å². The summed E-state index contributed by atoms with van der Waals surface area (Å²) in [5, 5.41) is 21.6. The predicted molar refractivity (Wildman–Crippen MR) is 67.1 cm³/mol. The molecule has 0 fully saturated rings. The molecule has 1 rings (SSSR count). The fourth-order valence-corrected chi connectivity index (χ4v) is 1.32. The monoisotopic (exact) mass is 237 g/mol. The fraction of sp³-hybridized carbons (Fsp3) is 0.385. The molecule has 0 aliphatic rings. The summed E-state index contributed by atoms with van der Waals surface area (Å²) in [6.07, 6.45) is 2.69. The normalized spacial score (nSPS) is 10.4. The van der Waals surface area contributed by atoms with Crippen LogP contribution in [0, 0.1) is 0 Å². The summed E-state index contributed by atoms with van der Waals surface area (Å²) in [6.45, 7) is 6.35. The summed E-state index contributed by atoms with van der Waals surface area (Å²) in [5.74, 6) is -0.187. The standard InChI is InChI=1S/C13H19NO3/c1-2-3-7-17-8-6-14-10-11-4-5-12(15)13(16)9-11/h2,4-5,9,14-16H,1,3,6-8,10H2. The van der Waals surface area contributed by atoms with Crippen LogP contribution in [0.1, 0.15) is 12.0 Å². The first-order valence-corrected chi connectivity index (χ1v) is 5.64. The van der Waals surface area contributed by atoms with Gasteiger partial charge in [0, 0.05) is 13.1 Å². The molecule has 0 saturated carbocycles. The van der Waals surface area contributed by atoms with Crippen molar-refractivity contribution in [3.05, 3.63) is 36.4 Å². The van der Waals surface area contributed by atoms with Gasteiger partial charge in [-0.1, -0.05) is 12.1 Å². The zero-order valence-corrected chi connectivity index (χ0v) is 9.85. The molecule has 0 heterocycles. The van der Waals surface area contributed by atoms with Crippen molar-refractivity contribution in [3.63, 3.8) is 0 Å². The van der Waals surface area contributed by atoms with E-state index in [2.05, 4.69) is 11.9 Å². The Kier molecular flexibility index (Phi) is 6.14. The highest BCUT2D eigenvalue weighted by atomic mass is 16.5. The highest BCUT2D eigenvalue weighted by Crippen LogP contribution is 2.24. The van der Waals surface area contributed by atoms with Gasteiger partial charge >= 0.3 is 0 Å². The van der Waals surface area contributed by atoms with Crippen LogP contribution in [0.25, 0.3) is 0 Å². The average Bonchev–Trinajstić information content (AvgIpc) is 2.32. The van der Waals surface area contributed by atoms with Crippen LogP contribution < -0.4 is 5.32 Å². The molecule has 17 heavy (non-hydrogen) atoms. The Morgan fingerprint density at radius 2 is 2.06 bits per heavy atom. The van der Waals surface area contributed by atoms with Gasteiger partial charge in [0.25, 0.3) is 0 Å². The van der Waals surface area contributed by atoms with E-state index in [1.807, 2.05) is 6.08 Å². The number of aromatic hydroxyl groups is 2. The van der Waals surface area contributed by atoms with Crippen molar-refractivity contribution in [2.24, 2.45) is 0 Å². The molecule has 1 aromatic carbocycles. The van der Waals surface area contributed by atoms with Gasteiger partial charge in [0.15, 0.2) is 11.5 Å². The molecule has 3 N–H and O–H groups in total. The SMILES string of the molecule is C=CCCOCCNCc1ccc(O)c(O)c1. The molecule has 0 atom stereocenters. The Labute approximate surface area is 102 Å². The van der Waals surface area contributed by atoms with Crippen LogP contribution in [0.4, 0.5) is 0 Å². The fourth-order valence-electron chi connectivity index (χ4n) is 1.32. The molecule has 94 valence electrons. The lowest BCUT2D eigenvalue weighted by atomic mass is 10.2. The van der Waals surface area contributed by atoms with E-state index >= 15 is 0 Å². The summed E-state index contributed by atoms with van der Waals surface area (Å²) in [5.41, 5.74) is 0.923. The summed E-state index contributed by atoms with van der Waals surface area (Å²) in [4.78, 5) is 0. The topological polar surface area (TPSA) is 61.7 Å². The smallest absolute Gasteiger partial charge is 0.157 e. The van der Waals surface area contributed by atoms with Crippen LogP contribution in [0.15, 0.2) is 30.9 Å². The quantitative estimate of drug-likeness (QED) is 0.366. The molecule has 0 saturated heterocycles. The molecule has 0 radical (unpaired) electrons. The predicted octanol–water partition coefficient (Wildman–Crippen LogP) is 1.78. The Morgan fingerprint density at radius 3 is 2.76 bits per heavy atom. The maximum Gasteiger partial charge on any atom is 0.157 e. The number of hydrogen-bond acceptors (Lipinski definition) is 4. The van der Waals surface area contributed by atoms with Crippen LogP contribution in [-0.2, 0) is 11.3 Å². The number of hydrogen-bond donors (Lipinski definition) is 3. The maximum atomic E-state index is 9.29. The second-order valence-electron chi connectivity index (χ2n) is 3.69.